The number of carboxylic acids is 1. The predicted octanol–water partition coefficient (Wildman–Crippen LogP) is 2.11. The zero-order chi connectivity index (χ0) is 17.5. The Morgan fingerprint density at radius 2 is 2.04 bits per heavy atom. The van der Waals surface area contributed by atoms with Gasteiger partial charge in [-0.05, 0) is 30.2 Å². The highest BCUT2D eigenvalue weighted by molar-refractivity contribution is 5.99. The molecule has 1 fully saturated rings. The topological polar surface area (TPSA) is 84.9 Å². The molecule has 2 aliphatic rings. The molecule has 1 aromatic rings. The van der Waals surface area contributed by atoms with Crippen molar-refractivity contribution in [3.63, 3.8) is 0 Å². The Balaban J connectivity index is 1.82. The van der Waals surface area contributed by atoms with Crippen molar-refractivity contribution < 1.29 is 24.2 Å². The van der Waals surface area contributed by atoms with E-state index < -0.39 is 16.9 Å². The molecule has 1 saturated carbocycles. The summed E-state index contributed by atoms with van der Waals surface area (Å²) < 4.78 is 11.0. The molecule has 130 valence electrons. The van der Waals surface area contributed by atoms with Crippen LogP contribution in [0, 0.1) is 5.41 Å². The summed E-state index contributed by atoms with van der Waals surface area (Å²) in [5, 5.41) is 12.5. The molecule has 0 bridgehead atoms. The van der Waals surface area contributed by atoms with Gasteiger partial charge in [0, 0.05) is 24.0 Å². The van der Waals surface area contributed by atoms with Gasteiger partial charge in [-0.2, -0.15) is 0 Å². The van der Waals surface area contributed by atoms with Crippen LogP contribution in [0.3, 0.4) is 0 Å². The van der Waals surface area contributed by atoms with Crippen LogP contribution < -0.4 is 5.32 Å². The molecule has 0 saturated heterocycles. The number of hydrogen-bond donors (Lipinski definition) is 2. The van der Waals surface area contributed by atoms with Gasteiger partial charge >= 0.3 is 5.97 Å². The number of carboxylic acid groups (broad SMARTS) is 1. The molecule has 2 atom stereocenters. The number of aliphatic carboxylic acids is 1. The van der Waals surface area contributed by atoms with E-state index in [2.05, 4.69) is 5.32 Å². The predicted molar refractivity (Wildman–Crippen MR) is 86.6 cm³/mol. The third kappa shape index (κ3) is 2.41. The first-order valence-corrected chi connectivity index (χ1v) is 8.19. The van der Waals surface area contributed by atoms with Gasteiger partial charge in [-0.1, -0.05) is 19.9 Å². The van der Waals surface area contributed by atoms with Gasteiger partial charge in [0.05, 0.1) is 19.3 Å². The second-order valence-corrected chi connectivity index (χ2v) is 7.01. The molecular formula is C18H23NO5. The van der Waals surface area contributed by atoms with Crippen molar-refractivity contribution in [2.24, 2.45) is 5.41 Å². The van der Waals surface area contributed by atoms with Crippen LogP contribution >= 0.6 is 0 Å². The van der Waals surface area contributed by atoms with Gasteiger partial charge in [0.2, 0.25) is 0 Å². The highest BCUT2D eigenvalue weighted by atomic mass is 16.5. The van der Waals surface area contributed by atoms with Crippen molar-refractivity contribution in [2.45, 2.75) is 52.0 Å². The van der Waals surface area contributed by atoms with E-state index in [-0.39, 0.29) is 18.4 Å². The van der Waals surface area contributed by atoms with Crippen molar-refractivity contribution in [1.82, 2.24) is 5.32 Å². The van der Waals surface area contributed by atoms with E-state index >= 15 is 0 Å². The molecule has 6 nitrogen and oxygen atoms in total. The molecule has 1 aliphatic carbocycles. The van der Waals surface area contributed by atoms with Gasteiger partial charge in [-0.3, -0.25) is 4.79 Å². The summed E-state index contributed by atoms with van der Waals surface area (Å²) in [6.07, 6.45) is 0.0792. The normalized spacial score (nSPS) is 27.2. The van der Waals surface area contributed by atoms with Crippen LogP contribution in [0.25, 0.3) is 0 Å². The standard InChI is InChI=1S/C18H23NO5/c1-4-24-14-8-18(16(21)22,17(14,2)3)19-15(20)11-5-6-12-9-23-10-13(12)7-11/h5-7,14H,4,8-10H2,1-3H3,(H,19,20)(H,21,22). The minimum atomic E-state index is -1.32. The fourth-order valence-electron chi connectivity index (χ4n) is 3.62. The smallest absolute Gasteiger partial charge is 0.330 e. The summed E-state index contributed by atoms with van der Waals surface area (Å²) in [7, 11) is 0. The number of carbonyl (C=O) groups is 2. The molecule has 6 heteroatoms. The lowest BCUT2D eigenvalue weighted by atomic mass is 9.54. The number of amides is 1. The zero-order valence-corrected chi connectivity index (χ0v) is 14.2. The van der Waals surface area contributed by atoms with Crippen LogP contribution in [-0.2, 0) is 27.5 Å². The van der Waals surface area contributed by atoms with Crippen LogP contribution in [0.1, 0.15) is 48.7 Å². The summed E-state index contributed by atoms with van der Waals surface area (Å²) in [5.74, 6) is -1.41. The van der Waals surface area contributed by atoms with E-state index in [4.69, 9.17) is 9.47 Å². The van der Waals surface area contributed by atoms with Gasteiger partial charge in [-0.25, -0.2) is 4.79 Å². The van der Waals surface area contributed by atoms with Crippen molar-refractivity contribution in [2.75, 3.05) is 6.61 Å². The Hall–Kier alpha value is -1.92. The van der Waals surface area contributed by atoms with Crippen LogP contribution in [-0.4, -0.2) is 35.2 Å². The number of nitrogens with one attached hydrogen (secondary N) is 1. The minimum absolute atomic E-state index is 0.188. The molecule has 1 aromatic carbocycles. The fraction of sp³-hybridized carbons (Fsp3) is 0.556. The lowest BCUT2D eigenvalue weighted by Gasteiger charge is -2.58. The van der Waals surface area contributed by atoms with Gasteiger partial charge in [-0.15, -0.1) is 0 Å². The van der Waals surface area contributed by atoms with Crippen LogP contribution in [0.2, 0.25) is 0 Å². The number of rotatable bonds is 5. The van der Waals surface area contributed by atoms with Gasteiger partial charge < -0.3 is 19.9 Å². The maximum atomic E-state index is 12.7. The number of fused-ring (bicyclic) bond motifs is 1. The molecule has 3 rings (SSSR count). The van der Waals surface area contributed by atoms with E-state index in [9.17, 15) is 14.7 Å². The summed E-state index contributed by atoms with van der Waals surface area (Å²) in [5.41, 5.74) is 0.492. The number of hydrogen-bond acceptors (Lipinski definition) is 4. The van der Waals surface area contributed by atoms with E-state index in [0.29, 0.717) is 25.4 Å². The maximum absolute atomic E-state index is 12.7. The average Bonchev–Trinajstić information content (AvgIpc) is 3.00. The number of carbonyl (C=O) groups excluding carboxylic acids is 1. The molecule has 2 N–H and O–H groups in total. The largest absolute Gasteiger partial charge is 0.479 e. The Labute approximate surface area is 141 Å². The highest BCUT2D eigenvalue weighted by Gasteiger charge is 2.66. The lowest BCUT2D eigenvalue weighted by Crippen LogP contribution is -2.76. The van der Waals surface area contributed by atoms with Gasteiger partial charge in [0.25, 0.3) is 5.91 Å². The average molecular weight is 333 g/mol. The first kappa shape index (κ1) is 16.9. The molecule has 0 spiro atoms. The molecule has 1 heterocycles. The second kappa shape index (κ2) is 5.86. The minimum Gasteiger partial charge on any atom is -0.479 e. The molecule has 1 aliphatic heterocycles. The van der Waals surface area contributed by atoms with Gasteiger partial charge in [0.1, 0.15) is 5.54 Å². The van der Waals surface area contributed by atoms with Crippen molar-refractivity contribution >= 4 is 11.9 Å². The SMILES string of the molecule is CCOC1CC(NC(=O)c2ccc3c(c2)COC3)(C(=O)O)C1(C)C. The Bertz CT molecular complexity index is 684. The van der Waals surface area contributed by atoms with Crippen LogP contribution in [0.4, 0.5) is 0 Å². The Morgan fingerprint density at radius 3 is 2.67 bits per heavy atom. The van der Waals surface area contributed by atoms with Gasteiger partial charge in [0.15, 0.2) is 0 Å². The maximum Gasteiger partial charge on any atom is 0.330 e. The summed E-state index contributed by atoms with van der Waals surface area (Å²) in [6.45, 7) is 7.08. The first-order valence-electron chi connectivity index (χ1n) is 8.19. The lowest BCUT2D eigenvalue weighted by molar-refractivity contribution is -0.190. The highest BCUT2D eigenvalue weighted by Crippen LogP contribution is 2.51. The molecule has 0 aromatic heterocycles. The van der Waals surface area contributed by atoms with Crippen molar-refractivity contribution in [3.05, 3.63) is 34.9 Å². The van der Waals surface area contributed by atoms with Crippen LogP contribution in [0.5, 0.6) is 0 Å². The third-order valence-electron chi connectivity index (χ3n) is 5.44. The Kier molecular flexibility index (Phi) is 4.13. The Morgan fingerprint density at radius 1 is 1.33 bits per heavy atom. The molecule has 1 amide bonds. The van der Waals surface area contributed by atoms with Crippen molar-refractivity contribution in [3.8, 4) is 0 Å². The monoisotopic (exact) mass is 333 g/mol. The fourth-order valence-corrected chi connectivity index (χ4v) is 3.62. The summed E-state index contributed by atoms with van der Waals surface area (Å²) in [4.78, 5) is 24.6. The number of benzene rings is 1. The molecule has 24 heavy (non-hydrogen) atoms. The summed E-state index contributed by atoms with van der Waals surface area (Å²) in [6, 6.07) is 5.35. The zero-order valence-electron chi connectivity index (χ0n) is 14.2. The second-order valence-electron chi connectivity index (χ2n) is 7.01. The van der Waals surface area contributed by atoms with Crippen LogP contribution in [0.15, 0.2) is 18.2 Å². The molecule has 0 radical (unpaired) electrons. The first-order chi connectivity index (χ1) is 11.3. The summed E-state index contributed by atoms with van der Waals surface area (Å²) >= 11 is 0. The van der Waals surface area contributed by atoms with E-state index in [0.717, 1.165) is 11.1 Å². The molecular weight excluding hydrogens is 310 g/mol. The molecule has 2 unspecified atom stereocenters. The quantitative estimate of drug-likeness (QED) is 0.862. The van der Waals surface area contributed by atoms with E-state index in [1.807, 2.05) is 26.8 Å². The third-order valence-corrected chi connectivity index (χ3v) is 5.44. The van der Waals surface area contributed by atoms with E-state index in [1.54, 1.807) is 12.1 Å². The van der Waals surface area contributed by atoms with Crippen molar-refractivity contribution in [1.29, 1.82) is 0 Å². The number of ether oxygens (including phenoxy) is 2. The van der Waals surface area contributed by atoms with E-state index in [1.165, 1.54) is 0 Å².